The van der Waals surface area contributed by atoms with Crippen molar-refractivity contribution in [3.63, 3.8) is 0 Å². The highest BCUT2D eigenvalue weighted by molar-refractivity contribution is 5.99. The fourth-order valence-corrected chi connectivity index (χ4v) is 7.73. The lowest BCUT2D eigenvalue weighted by Gasteiger charge is -2.40. The van der Waals surface area contributed by atoms with Crippen LogP contribution in [0.3, 0.4) is 0 Å². The molecule has 266 valence electrons. The van der Waals surface area contributed by atoms with Crippen molar-refractivity contribution in [1.82, 2.24) is 0 Å². The third-order valence-corrected chi connectivity index (χ3v) is 9.90. The summed E-state index contributed by atoms with van der Waals surface area (Å²) in [5.74, 6) is -2.56. The smallest absolute Gasteiger partial charge is 0.434 e. The van der Waals surface area contributed by atoms with Crippen LogP contribution in [0.25, 0.3) is 21.5 Å². The van der Waals surface area contributed by atoms with Crippen LogP contribution in [0.5, 0.6) is 5.75 Å². The summed E-state index contributed by atoms with van der Waals surface area (Å²) >= 11 is 0. The molecular formula is C37H40F6O6. The van der Waals surface area contributed by atoms with Gasteiger partial charge in [-0.3, -0.25) is 14.4 Å². The van der Waals surface area contributed by atoms with Gasteiger partial charge in [-0.05, 0) is 131 Å². The number of halogens is 6. The molecule has 12 heteroatoms. The molecule has 2 aliphatic carbocycles. The van der Waals surface area contributed by atoms with Crippen LogP contribution in [0.4, 0.5) is 26.3 Å². The molecule has 3 aromatic carbocycles. The summed E-state index contributed by atoms with van der Waals surface area (Å²) < 4.78 is 95.3. The number of benzene rings is 3. The Labute approximate surface area is 280 Å². The minimum Gasteiger partial charge on any atom is -0.462 e. The van der Waals surface area contributed by atoms with Crippen molar-refractivity contribution in [2.24, 2.45) is 28.1 Å². The van der Waals surface area contributed by atoms with Gasteiger partial charge in [0.25, 0.3) is 6.10 Å². The Hall–Kier alpha value is -3.83. The van der Waals surface area contributed by atoms with Crippen molar-refractivity contribution in [3.8, 4) is 5.75 Å². The number of esters is 3. The predicted octanol–water partition coefficient (Wildman–Crippen LogP) is 9.51. The molecule has 3 aromatic rings. The number of carbonyl (C=O) groups is 3. The van der Waals surface area contributed by atoms with Crippen molar-refractivity contribution >= 4 is 39.5 Å². The molecule has 5 rings (SSSR count). The van der Waals surface area contributed by atoms with Crippen LogP contribution in [0.15, 0.2) is 54.6 Å². The average molecular weight is 695 g/mol. The van der Waals surface area contributed by atoms with Crippen molar-refractivity contribution in [1.29, 1.82) is 0 Å². The fourth-order valence-electron chi connectivity index (χ4n) is 7.73. The van der Waals surface area contributed by atoms with Gasteiger partial charge < -0.3 is 14.2 Å². The first-order valence-corrected chi connectivity index (χ1v) is 16.3. The van der Waals surface area contributed by atoms with Crippen LogP contribution in [0.2, 0.25) is 0 Å². The summed E-state index contributed by atoms with van der Waals surface area (Å²) in [6.07, 6.45) is -14.0. The highest BCUT2D eigenvalue weighted by Gasteiger charge is 2.61. The van der Waals surface area contributed by atoms with Crippen molar-refractivity contribution < 1.29 is 54.9 Å². The van der Waals surface area contributed by atoms with Gasteiger partial charge in [0, 0.05) is 0 Å². The summed E-state index contributed by atoms with van der Waals surface area (Å²) in [6, 6.07) is 16.9. The lowest BCUT2D eigenvalue weighted by atomic mass is 9.66. The average Bonchev–Trinajstić information content (AvgIpc) is 3.60. The molecule has 49 heavy (non-hydrogen) atoms. The number of carbonyl (C=O) groups excluding carboxylic acids is 3. The Morgan fingerprint density at radius 1 is 0.694 bits per heavy atom. The van der Waals surface area contributed by atoms with E-state index in [9.17, 15) is 40.7 Å². The Balaban J connectivity index is 1.39. The number of alkyl halides is 6. The van der Waals surface area contributed by atoms with Gasteiger partial charge in [-0.2, -0.15) is 26.3 Å². The molecule has 0 heterocycles. The van der Waals surface area contributed by atoms with E-state index in [1.165, 1.54) is 20.8 Å². The second kappa shape index (κ2) is 12.8. The topological polar surface area (TPSA) is 78.9 Å². The monoisotopic (exact) mass is 694 g/mol. The normalized spacial score (nSPS) is 21.2. The van der Waals surface area contributed by atoms with Crippen LogP contribution in [-0.2, 0) is 23.9 Å². The molecule has 2 fully saturated rings. The maximum absolute atomic E-state index is 14.0. The van der Waals surface area contributed by atoms with Crippen LogP contribution in [-0.4, -0.2) is 42.5 Å². The molecule has 0 spiro atoms. The molecule has 0 radical (unpaired) electrons. The number of fused-ring (bicyclic) bond motifs is 4. The van der Waals surface area contributed by atoms with E-state index < -0.39 is 65.1 Å². The van der Waals surface area contributed by atoms with Crippen molar-refractivity contribution in [3.05, 3.63) is 54.6 Å². The van der Waals surface area contributed by atoms with Gasteiger partial charge in [0.05, 0.1) is 16.2 Å². The Morgan fingerprint density at radius 3 is 1.78 bits per heavy atom. The molecule has 0 aliphatic heterocycles. The first-order valence-electron chi connectivity index (χ1n) is 16.3. The summed E-state index contributed by atoms with van der Waals surface area (Å²) in [5, 5.41) is 3.76. The summed E-state index contributed by atoms with van der Waals surface area (Å²) in [4.78, 5) is 40.6. The summed E-state index contributed by atoms with van der Waals surface area (Å²) in [6.45, 7) is 6.64. The van der Waals surface area contributed by atoms with Crippen LogP contribution >= 0.6 is 0 Å². The van der Waals surface area contributed by atoms with E-state index in [4.69, 9.17) is 9.47 Å². The lowest BCUT2D eigenvalue weighted by molar-refractivity contribution is -0.315. The Bertz CT molecular complexity index is 1730. The highest BCUT2D eigenvalue weighted by atomic mass is 19.4. The molecule has 2 bridgehead atoms. The zero-order chi connectivity index (χ0) is 36.2. The van der Waals surface area contributed by atoms with E-state index in [0.717, 1.165) is 54.7 Å². The van der Waals surface area contributed by atoms with Crippen LogP contribution < -0.4 is 4.74 Å². The zero-order valence-corrected chi connectivity index (χ0v) is 28.0. The van der Waals surface area contributed by atoms with Gasteiger partial charge >= 0.3 is 30.3 Å². The first-order chi connectivity index (χ1) is 22.6. The molecule has 6 nitrogen and oxygen atoms in total. The molecule has 4 atom stereocenters. The van der Waals surface area contributed by atoms with E-state index in [-0.39, 0.29) is 18.1 Å². The Morgan fingerprint density at radius 2 is 1.24 bits per heavy atom. The quantitative estimate of drug-likeness (QED) is 0.0911. The van der Waals surface area contributed by atoms with Crippen molar-refractivity contribution in [2.45, 2.75) is 97.7 Å². The molecule has 0 amide bonds. The van der Waals surface area contributed by atoms with Crippen LogP contribution in [0.1, 0.15) is 73.1 Å². The number of rotatable bonds is 10. The first kappa shape index (κ1) is 36.5. The van der Waals surface area contributed by atoms with E-state index >= 15 is 0 Å². The number of hydrogen-bond acceptors (Lipinski definition) is 6. The van der Waals surface area contributed by atoms with Crippen molar-refractivity contribution in [2.75, 3.05) is 0 Å². The number of ether oxygens (including phenoxy) is 3. The second-order valence-electron chi connectivity index (χ2n) is 15.3. The van der Waals surface area contributed by atoms with Gasteiger partial charge in [0.2, 0.25) is 0 Å². The van der Waals surface area contributed by atoms with Gasteiger partial charge in [-0.25, -0.2) is 0 Å². The third-order valence-electron chi connectivity index (χ3n) is 9.90. The fraction of sp³-hybridized carbons (Fsp3) is 0.541. The molecule has 0 aromatic heterocycles. The van der Waals surface area contributed by atoms with Gasteiger partial charge in [-0.15, -0.1) is 0 Å². The molecule has 4 unspecified atom stereocenters. The molecule has 2 saturated carbocycles. The summed E-state index contributed by atoms with van der Waals surface area (Å²) in [7, 11) is 0. The van der Waals surface area contributed by atoms with Gasteiger partial charge in [0.1, 0.15) is 11.9 Å². The molecule has 0 saturated heterocycles. The standard InChI is InChI=1S/C37H40F6O6/c1-33(2,30(44)47-27-13-12-24-16-22-8-6-7-9-23(22)17-26(24)18-27)19-35(5,32(46)48-28-15-21-10-11-25(28)14-21)20-34(3,4)31(45)49-29(36(38,39)40)37(41,42)43/h6-9,12-13,16-18,21,25,28-29H,10-11,14-15,19-20H2,1-5H3. The lowest BCUT2D eigenvalue weighted by Crippen LogP contribution is -2.49. The minimum atomic E-state index is -5.91. The summed E-state index contributed by atoms with van der Waals surface area (Å²) in [5.41, 5.74) is -5.18. The van der Waals surface area contributed by atoms with E-state index in [1.807, 2.05) is 36.4 Å². The van der Waals surface area contributed by atoms with Gasteiger partial charge in [-0.1, -0.05) is 30.3 Å². The highest BCUT2D eigenvalue weighted by Crippen LogP contribution is 2.49. The minimum absolute atomic E-state index is 0.138. The molecule has 0 N–H and O–H groups in total. The maximum Gasteiger partial charge on any atom is 0.434 e. The van der Waals surface area contributed by atoms with E-state index in [2.05, 4.69) is 4.74 Å². The maximum atomic E-state index is 14.0. The SMILES string of the molecule is CC(C)(CC(C)(CC(C)(C)C(=O)OC(C(F)(F)F)C(F)(F)F)C(=O)OC1CC2CCC1C2)C(=O)Oc1ccc2cc3ccccc3cc2c1. The number of hydrogen-bond donors (Lipinski definition) is 0. The van der Waals surface area contributed by atoms with E-state index in [0.29, 0.717) is 12.3 Å². The molecule has 2 aliphatic rings. The Kier molecular flexibility index (Phi) is 9.53. The third kappa shape index (κ3) is 7.99. The largest absolute Gasteiger partial charge is 0.462 e. The van der Waals surface area contributed by atoms with E-state index in [1.54, 1.807) is 18.2 Å². The molecular weight excluding hydrogens is 654 g/mol. The zero-order valence-electron chi connectivity index (χ0n) is 28.0. The van der Waals surface area contributed by atoms with Crippen LogP contribution in [0, 0.1) is 28.1 Å². The van der Waals surface area contributed by atoms with Gasteiger partial charge in [0.15, 0.2) is 0 Å². The predicted molar refractivity (Wildman–Crippen MR) is 169 cm³/mol. The second-order valence-corrected chi connectivity index (χ2v) is 15.3.